The normalized spacial score (nSPS) is 19.0. The minimum absolute atomic E-state index is 0.0311. The molecule has 2 atom stereocenters. The smallest absolute Gasteiger partial charge is 0.338 e. The molecular weight excluding hydrogens is 380 g/mol. The standard InChI is InChI=1S/C24H26N2O4/c1-16-14-20-6-3-4-7-21(20)26(16)23(28)17(2)30-24(29)19-11-9-18(10-12-19)15-25-13-5-8-22(25)27/h3-4,6-7,9-12,16-17H,5,8,13-15H2,1-2H3/t16-,17+/m1/s1. The summed E-state index contributed by atoms with van der Waals surface area (Å²) in [5.41, 5.74) is 3.37. The number of carbonyl (C=O) groups excluding carboxylic acids is 3. The number of hydrogen-bond acceptors (Lipinski definition) is 4. The van der Waals surface area contributed by atoms with Crippen LogP contribution in [0.5, 0.6) is 0 Å². The van der Waals surface area contributed by atoms with E-state index in [1.165, 1.54) is 0 Å². The van der Waals surface area contributed by atoms with E-state index in [4.69, 9.17) is 4.74 Å². The topological polar surface area (TPSA) is 66.9 Å². The van der Waals surface area contributed by atoms with E-state index in [0.717, 1.165) is 36.2 Å². The summed E-state index contributed by atoms with van der Waals surface area (Å²) in [5.74, 6) is -0.576. The molecule has 2 aromatic carbocycles. The van der Waals surface area contributed by atoms with E-state index >= 15 is 0 Å². The molecule has 0 aliphatic carbocycles. The van der Waals surface area contributed by atoms with E-state index in [1.807, 2.05) is 48.2 Å². The van der Waals surface area contributed by atoms with E-state index in [1.54, 1.807) is 24.0 Å². The van der Waals surface area contributed by atoms with Crippen molar-refractivity contribution in [3.05, 3.63) is 65.2 Å². The SMILES string of the molecule is C[C@H](OC(=O)c1ccc(CN2CCCC2=O)cc1)C(=O)N1c2ccccc2C[C@H]1C. The average Bonchev–Trinajstić information content (AvgIpc) is 3.29. The number of esters is 1. The molecule has 0 spiro atoms. The highest BCUT2D eigenvalue weighted by molar-refractivity contribution is 6.00. The van der Waals surface area contributed by atoms with E-state index < -0.39 is 12.1 Å². The summed E-state index contributed by atoms with van der Waals surface area (Å²) in [4.78, 5) is 40.8. The first-order valence-corrected chi connectivity index (χ1v) is 10.4. The van der Waals surface area contributed by atoms with Crippen LogP contribution in [-0.4, -0.2) is 41.4 Å². The molecule has 1 saturated heterocycles. The molecule has 0 radical (unpaired) electrons. The van der Waals surface area contributed by atoms with Gasteiger partial charge in [0.2, 0.25) is 5.91 Å². The summed E-state index contributed by atoms with van der Waals surface area (Å²) < 4.78 is 5.47. The largest absolute Gasteiger partial charge is 0.449 e. The third-order valence-electron chi connectivity index (χ3n) is 5.81. The number of carbonyl (C=O) groups is 3. The maximum absolute atomic E-state index is 13.0. The Labute approximate surface area is 176 Å². The molecule has 2 amide bonds. The summed E-state index contributed by atoms with van der Waals surface area (Å²) in [5, 5.41) is 0. The zero-order valence-corrected chi connectivity index (χ0v) is 17.3. The number of benzene rings is 2. The Bertz CT molecular complexity index is 969. The molecule has 2 heterocycles. The van der Waals surface area contributed by atoms with Gasteiger partial charge in [0.1, 0.15) is 0 Å². The number of fused-ring (bicyclic) bond motifs is 1. The highest BCUT2D eigenvalue weighted by atomic mass is 16.5. The Morgan fingerprint density at radius 1 is 1.13 bits per heavy atom. The van der Waals surface area contributed by atoms with E-state index in [0.29, 0.717) is 18.5 Å². The number of likely N-dealkylation sites (tertiary alicyclic amines) is 1. The molecule has 156 valence electrons. The van der Waals surface area contributed by atoms with Crippen LogP contribution in [0.2, 0.25) is 0 Å². The van der Waals surface area contributed by atoms with Crippen molar-refractivity contribution in [1.29, 1.82) is 0 Å². The van der Waals surface area contributed by atoms with Gasteiger partial charge in [-0.15, -0.1) is 0 Å². The highest BCUT2D eigenvalue weighted by Gasteiger charge is 2.34. The number of rotatable bonds is 5. The number of anilines is 1. The van der Waals surface area contributed by atoms with Gasteiger partial charge in [0.25, 0.3) is 5.91 Å². The van der Waals surface area contributed by atoms with Crippen molar-refractivity contribution in [3.63, 3.8) is 0 Å². The van der Waals surface area contributed by atoms with Gasteiger partial charge in [-0.3, -0.25) is 9.59 Å². The van der Waals surface area contributed by atoms with Crippen molar-refractivity contribution in [3.8, 4) is 0 Å². The lowest BCUT2D eigenvalue weighted by Crippen LogP contribution is -2.43. The molecule has 0 aromatic heterocycles. The molecule has 0 saturated carbocycles. The number of amides is 2. The number of nitrogens with zero attached hydrogens (tertiary/aromatic N) is 2. The molecular formula is C24H26N2O4. The predicted molar refractivity (Wildman–Crippen MR) is 113 cm³/mol. The van der Waals surface area contributed by atoms with Crippen molar-refractivity contribution in [2.75, 3.05) is 11.4 Å². The lowest BCUT2D eigenvalue weighted by molar-refractivity contribution is -0.128. The van der Waals surface area contributed by atoms with Gasteiger partial charge < -0.3 is 14.5 Å². The zero-order chi connectivity index (χ0) is 21.3. The van der Waals surface area contributed by atoms with E-state index in [-0.39, 0.29) is 17.9 Å². The van der Waals surface area contributed by atoms with Crippen LogP contribution in [0.4, 0.5) is 5.69 Å². The first kappa shape index (κ1) is 20.1. The van der Waals surface area contributed by atoms with Crippen LogP contribution in [0.25, 0.3) is 0 Å². The van der Waals surface area contributed by atoms with Crippen LogP contribution in [0, 0.1) is 0 Å². The van der Waals surface area contributed by atoms with Crippen molar-refractivity contribution < 1.29 is 19.1 Å². The minimum Gasteiger partial charge on any atom is -0.449 e. The van der Waals surface area contributed by atoms with Crippen molar-refractivity contribution in [2.24, 2.45) is 0 Å². The van der Waals surface area contributed by atoms with Gasteiger partial charge in [0.15, 0.2) is 6.10 Å². The molecule has 2 aliphatic rings. The van der Waals surface area contributed by atoms with Crippen LogP contribution in [0.1, 0.15) is 48.2 Å². The Kier molecular flexibility index (Phi) is 5.57. The van der Waals surface area contributed by atoms with Crippen molar-refractivity contribution in [2.45, 2.75) is 51.8 Å². The molecule has 30 heavy (non-hydrogen) atoms. The maximum atomic E-state index is 13.0. The average molecular weight is 406 g/mol. The summed E-state index contributed by atoms with van der Waals surface area (Å²) in [6.45, 7) is 4.94. The van der Waals surface area contributed by atoms with Crippen LogP contribution in [0.3, 0.4) is 0 Å². The van der Waals surface area contributed by atoms with Crippen molar-refractivity contribution in [1.82, 2.24) is 4.90 Å². The van der Waals surface area contributed by atoms with Gasteiger partial charge in [-0.2, -0.15) is 0 Å². The van der Waals surface area contributed by atoms with Gasteiger partial charge >= 0.3 is 5.97 Å². The van der Waals surface area contributed by atoms with Crippen molar-refractivity contribution >= 4 is 23.5 Å². The second kappa shape index (κ2) is 8.30. The molecule has 6 nitrogen and oxygen atoms in total. The first-order chi connectivity index (χ1) is 14.4. The lowest BCUT2D eigenvalue weighted by Gasteiger charge is -2.26. The second-order valence-corrected chi connectivity index (χ2v) is 8.05. The molecule has 2 aliphatic heterocycles. The third kappa shape index (κ3) is 3.95. The monoisotopic (exact) mass is 406 g/mol. The van der Waals surface area contributed by atoms with Gasteiger partial charge in [-0.05, 0) is 56.0 Å². The minimum atomic E-state index is -0.881. The third-order valence-corrected chi connectivity index (χ3v) is 5.81. The Morgan fingerprint density at radius 3 is 2.57 bits per heavy atom. The second-order valence-electron chi connectivity index (χ2n) is 8.05. The van der Waals surface area contributed by atoms with Gasteiger partial charge in [0, 0.05) is 31.2 Å². The quantitative estimate of drug-likeness (QED) is 0.715. The molecule has 1 fully saturated rings. The molecule has 0 N–H and O–H groups in total. The molecule has 2 aromatic rings. The summed E-state index contributed by atoms with van der Waals surface area (Å²) in [7, 11) is 0. The number of hydrogen-bond donors (Lipinski definition) is 0. The van der Waals surface area contributed by atoms with E-state index in [9.17, 15) is 14.4 Å². The predicted octanol–water partition coefficient (Wildman–Crippen LogP) is 3.33. The number of ether oxygens (including phenoxy) is 1. The summed E-state index contributed by atoms with van der Waals surface area (Å²) in [6.07, 6.45) is 1.42. The molecule has 0 bridgehead atoms. The fraction of sp³-hybridized carbons (Fsp3) is 0.375. The number of para-hydroxylation sites is 1. The summed E-state index contributed by atoms with van der Waals surface area (Å²) >= 11 is 0. The molecule has 0 unspecified atom stereocenters. The summed E-state index contributed by atoms with van der Waals surface area (Å²) in [6, 6.07) is 14.9. The van der Waals surface area contributed by atoms with Gasteiger partial charge in [-0.1, -0.05) is 30.3 Å². The zero-order valence-electron chi connectivity index (χ0n) is 17.3. The molecule has 6 heteroatoms. The Balaban J connectivity index is 1.38. The Hall–Kier alpha value is -3.15. The fourth-order valence-corrected chi connectivity index (χ4v) is 4.21. The lowest BCUT2D eigenvalue weighted by atomic mass is 10.1. The van der Waals surface area contributed by atoms with Gasteiger partial charge in [-0.25, -0.2) is 4.79 Å². The highest BCUT2D eigenvalue weighted by Crippen LogP contribution is 2.32. The maximum Gasteiger partial charge on any atom is 0.338 e. The van der Waals surface area contributed by atoms with Crippen LogP contribution in [-0.2, 0) is 27.3 Å². The fourth-order valence-electron chi connectivity index (χ4n) is 4.21. The molecule has 4 rings (SSSR count). The van der Waals surface area contributed by atoms with Crippen LogP contribution >= 0.6 is 0 Å². The van der Waals surface area contributed by atoms with Crippen LogP contribution in [0.15, 0.2) is 48.5 Å². The van der Waals surface area contributed by atoms with E-state index in [2.05, 4.69) is 0 Å². The Morgan fingerprint density at radius 2 is 1.87 bits per heavy atom. The van der Waals surface area contributed by atoms with Crippen LogP contribution < -0.4 is 4.90 Å². The van der Waals surface area contributed by atoms with Gasteiger partial charge in [0.05, 0.1) is 5.56 Å². The first-order valence-electron chi connectivity index (χ1n) is 10.4.